The summed E-state index contributed by atoms with van der Waals surface area (Å²) in [6.45, 7) is 3.72. The highest BCUT2D eigenvalue weighted by atomic mass is 79.9. The number of benzene rings is 1. The predicted molar refractivity (Wildman–Crippen MR) is 115 cm³/mol. The van der Waals surface area contributed by atoms with E-state index in [1.807, 2.05) is 60.4 Å². The van der Waals surface area contributed by atoms with Crippen LogP contribution in [0.25, 0.3) is 6.08 Å². The van der Waals surface area contributed by atoms with Gasteiger partial charge < -0.3 is 4.90 Å². The first kappa shape index (κ1) is 20.3. The molecule has 146 valence electrons. The molecule has 0 radical (unpaired) electrons. The molecule has 2 amide bonds. The van der Waals surface area contributed by atoms with Crippen molar-refractivity contribution in [2.45, 2.75) is 19.8 Å². The molecule has 2 heterocycles. The van der Waals surface area contributed by atoms with Gasteiger partial charge in [-0.05, 0) is 59.5 Å². The fourth-order valence-corrected chi connectivity index (χ4v) is 3.60. The molecule has 3 rings (SSSR count). The average Bonchev–Trinajstić information content (AvgIpc) is 2.74. The third-order valence-corrected chi connectivity index (χ3v) is 5.41. The average molecular weight is 442 g/mol. The Bertz CT molecular complexity index is 829. The standard InChI is InChI=1S/C22H24BrN3O2/c1-2-26(20-10-9-19(23)16-24-20)22(28)18-12-14-25(15-13-18)21(27)11-8-17-6-4-3-5-7-17/h3-11,16,18H,2,12-15H2,1H3/b11-8+. The number of pyridine rings is 1. The lowest BCUT2D eigenvalue weighted by Gasteiger charge is -2.33. The number of carbonyl (C=O) groups excluding carboxylic acids is 2. The summed E-state index contributed by atoms with van der Waals surface area (Å²) in [6.07, 6.45) is 6.50. The fraction of sp³-hybridized carbons (Fsp3) is 0.318. The Balaban J connectivity index is 1.56. The minimum Gasteiger partial charge on any atom is -0.339 e. The first-order valence-corrected chi connectivity index (χ1v) is 10.3. The number of likely N-dealkylation sites (tertiary alicyclic amines) is 1. The molecule has 0 aliphatic carbocycles. The molecule has 0 saturated carbocycles. The number of piperidine rings is 1. The maximum atomic E-state index is 13.0. The number of carbonyl (C=O) groups is 2. The molecule has 2 aromatic rings. The van der Waals surface area contributed by atoms with E-state index in [1.54, 1.807) is 17.2 Å². The summed E-state index contributed by atoms with van der Waals surface area (Å²) in [5, 5.41) is 0. The van der Waals surface area contributed by atoms with Gasteiger partial charge in [-0.15, -0.1) is 0 Å². The van der Waals surface area contributed by atoms with Crippen LogP contribution in [0.4, 0.5) is 5.82 Å². The van der Waals surface area contributed by atoms with Gasteiger partial charge in [0.1, 0.15) is 5.82 Å². The Hall–Kier alpha value is -2.47. The summed E-state index contributed by atoms with van der Waals surface area (Å²) < 4.78 is 0.884. The highest BCUT2D eigenvalue weighted by Crippen LogP contribution is 2.23. The fourth-order valence-electron chi connectivity index (χ4n) is 3.36. The Labute approximate surface area is 174 Å². The molecule has 6 heteroatoms. The van der Waals surface area contributed by atoms with E-state index in [1.165, 1.54) is 0 Å². The van der Waals surface area contributed by atoms with Crippen molar-refractivity contribution in [2.24, 2.45) is 5.92 Å². The molecule has 1 saturated heterocycles. The lowest BCUT2D eigenvalue weighted by atomic mass is 9.95. The largest absolute Gasteiger partial charge is 0.339 e. The van der Waals surface area contributed by atoms with Crippen LogP contribution in [0.3, 0.4) is 0 Å². The predicted octanol–water partition coefficient (Wildman–Crippen LogP) is 4.15. The van der Waals surface area contributed by atoms with Crippen LogP contribution in [0.5, 0.6) is 0 Å². The second-order valence-corrected chi connectivity index (χ2v) is 7.68. The van der Waals surface area contributed by atoms with Crippen LogP contribution in [0.15, 0.2) is 59.2 Å². The molecule has 0 atom stereocenters. The van der Waals surface area contributed by atoms with Gasteiger partial charge in [-0.3, -0.25) is 14.5 Å². The number of aromatic nitrogens is 1. The zero-order chi connectivity index (χ0) is 19.9. The van der Waals surface area contributed by atoms with Gasteiger partial charge in [-0.1, -0.05) is 30.3 Å². The summed E-state index contributed by atoms with van der Waals surface area (Å²) in [6, 6.07) is 13.5. The van der Waals surface area contributed by atoms with Gasteiger partial charge >= 0.3 is 0 Å². The Morgan fingerprint density at radius 2 is 1.89 bits per heavy atom. The molecule has 1 aromatic heterocycles. The maximum absolute atomic E-state index is 13.0. The highest BCUT2D eigenvalue weighted by Gasteiger charge is 2.30. The van der Waals surface area contributed by atoms with Crippen LogP contribution in [0.2, 0.25) is 0 Å². The minimum atomic E-state index is -0.0763. The van der Waals surface area contributed by atoms with E-state index < -0.39 is 0 Å². The first-order chi connectivity index (χ1) is 13.6. The molecule has 1 aromatic carbocycles. The minimum absolute atomic E-state index is 0.00308. The monoisotopic (exact) mass is 441 g/mol. The van der Waals surface area contributed by atoms with Crippen LogP contribution >= 0.6 is 15.9 Å². The van der Waals surface area contributed by atoms with Crippen molar-refractivity contribution in [1.29, 1.82) is 0 Å². The van der Waals surface area contributed by atoms with E-state index in [-0.39, 0.29) is 17.7 Å². The Kier molecular flexibility index (Phi) is 6.98. The molecular weight excluding hydrogens is 418 g/mol. The Morgan fingerprint density at radius 1 is 1.18 bits per heavy atom. The topological polar surface area (TPSA) is 53.5 Å². The third kappa shape index (κ3) is 5.07. The molecule has 0 bridgehead atoms. The summed E-state index contributed by atoms with van der Waals surface area (Å²) in [5.41, 5.74) is 1.00. The van der Waals surface area contributed by atoms with E-state index in [0.29, 0.717) is 38.3 Å². The molecule has 5 nitrogen and oxygen atoms in total. The van der Waals surface area contributed by atoms with E-state index >= 15 is 0 Å². The van der Waals surface area contributed by atoms with Gasteiger partial charge in [0.15, 0.2) is 0 Å². The maximum Gasteiger partial charge on any atom is 0.246 e. The number of hydrogen-bond acceptors (Lipinski definition) is 3. The molecular formula is C22H24BrN3O2. The number of amides is 2. The second-order valence-electron chi connectivity index (χ2n) is 6.76. The number of halogens is 1. The number of rotatable bonds is 5. The van der Waals surface area contributed by atoms with Gasteiger partial charge in [0.2, 0.25) is 11.8 Å². The molecule has 0 N–H and O–H groups in total. The van der Waals surface area contributed by atoms with Crippen LogP contribution in [0, 0.1) is 5.92 Å². The van der Waals surface area contributed by atoms with Crippen molar-refractivity contribution in [3.63, 3.8) is 0 Å². The van der Waals surface area contributed by atoms with Gasteiger partial charge in [-0.25, -0.2) is 4.98 Å². The number of nitrogens with zero attached hydrogens (tertiary/aromatic N) is 3. The normalized spacial score (nSPS) is 15.0. The molecule has 28 heavy (non-hydrogen) atoms. The van der Waals surface area contributed by atoms with Gasteiger partial charge in [0.25, 0.3) is 0 Å². The van der Waals surface area contributed by atoms with Crippen LogP contribution in [-0.4, -0.2) is 41.3 Å². The van der Waals surface area contributed by atoms with Crippen molar-refractivity contribution >= 4 is 39.6 Å². The first-order valence-electron chi connectivity index (χ1n) is 9.53. The highest BCUT2D eigenvalue weighted by molar-refractivity contribution is 9.10. The van der Waals surface area contributed by atoms with E-state index in [0.717, 1.165) is 10.0 Å². The van der Waals surface area contributed by atoms with Crippen molar-refractivity contribution in [3.05, 3.63) is 64.8 Å². The SMILES string of the molecule is CCN(C(=O)C1CCN(C(=O)/C=C/c2ccccc2)CC1)c1ccc(Br)cn1. The van der Waals surface area contributed by atoms with Crippen molar-refractivity contribution in [3.8, 4) is 0 Å². The smallest absolute Gasteiger partial charge is 0.246 e. The van der Waals surface area contributed by atoms with Gasteiger partial charge in [-0.2, -0.15) is 0 Å². The summed E-state index contributed by atoms with van der Waals surface area (Å²) in [4.78, 5) is 33.3. The summed E-state index contributed by atoms with van der Waals surface area (Å²) in [5.74, 6) is 0.675. The lowest BCUT2D eigenvalue weighted by molar-refractivity contribution is -0.130. The number of hydrogen-bond donors (Lipinski definition) is 0. The zero-order valence-electron chi connectivity index (χ0n) is 15.9. The van der Waals surface area contributed by atoms with E-state index in [2.05, 4.69) is 20.9 Å². The molecule has 1 aliphatic rings. The van der Waals surface area contributed by atoms with Crippen molar-refractivity contribution in [2.75, 3.05) is 24.5 Å². The van der Waals surface area contributed by atoms with Gasteiger partial charge in [0, 0.05) is 42.3 Å². The van der Waals surface area contributed by atoms with E-state index in [4.69, 9.17) is 0 Å². The van der Waals surface area contributed by atoms with E-state index in [9.17, 15) is 9.59 Å². The zero-order valence-corrected chi connectivity index (χ0v) is 17.5. The molecule has 1 aliphatic heterocycles. The molecule has 1 fully saturated rings. The summed E-state index contributed by atoms with van der Waals surface area (Å²) >= 11 is 3.37. The summed E-state index contributed by atoms with van der Waals surface area (Å²) in [7, 11) is 0. The number of anilines is 1. The third-order valence-electron chi connectivity index (χ3n) is 4.94. The quantitative estimate of drug-likeness (QED) is 0.654. The van der Waals surface area contributed by atoms with Crippen LogP contribution in [-0.2, 0) is 9.59 Å². The lowest BCUT2D eigenvalue weighted by Crippen LogP contribution is -2.44. The Morgan fingerprint density at radius 3 is 2.50 bits per heavy atom. The molecule has 0 spiro atoms. The second kappa shape index (κ2) is 9.64. The van der Waals surface area contributed by atoms with Crippen molar-refractivity contribution < 1.29 is 9.59 Å². The molecule has 0 unspecified atom stereocenters. The van der Waals surface area contributed by atoms with Gasteiger partial charge in [0.05, 0.1) is 0 Å². The van der Waals surface area contributed by atoms with Crippen LogP contribution in [0.1, 0.15) is 25.3 Å². The van der Waals surface area contributed by atoms with Crippen LogP contribution < -0.4 is 4.90 Å². The van der Waals surface area contributed by atoms with Crippen molar-refractivity contribution in [1.82, 2.24) is 9.88 Å².